The fourth-order valence-electron chi connectivity index (χ4n) is 7.36. The van der Waals surface area contributed by atoms with Gasteiger partial charge in [0.25, 0.3) is 0 Å². The molecule has 0 spiro atoms. The largest absolute Gasteiger partial charge is 0.393 e. The summed E-state index contributed by atoms with van der Waals surface area (Å²) in [6.07, 6.45) is 7.54. The van der Waals surface area contributed by atoms with E-state index in [9.17, 15) is 19.8 Å². The second-order valence-corrected chi connectivity index (χ2v) is 9.94. The predicted molar refractivity (Wildman–Crippen MR) is 103 cm³/mol. The number of aliphatic hydroxyl groups is 2. The summed E-state index contributed by atoms with van der Waals surface area (Å²) in [7, 11) is 0. The molecule has 4 aliphatic rings. The van der Waals surface area contributed by atoms with Crippen molar-refractivity contribution in [3.63, 3.8) is 0 Å². The maximum absolute atomic E-state index is 12.7. The van der Waals surface area contributed by atoms with Crippen molar-refractivity contribution in [2.24, 2.45) is 34.5 Å². The molecule has 0 heterocycles. The summed E-state index contributed by atoms with van der Waals surface area (Å²) in [4.78, 5) is 24.5. The number of ketones is 2. The molecule has 0 bridgehead atoms. The highest BCUT2D eigenvalue weighted by atomic mass is 35.5. The van der Waals surface area contributed by atoms with Crippen LogP contribution in [0.3, 0.4) is 0 Å². The first-order valence-electron chi connectivity index (χ1n) is 10.0. The minimum Gasteiger partial charge on any atom is -0.393 e. The summed E-state index contributed by atoms with van der Waals surface area (Å²) in [5.74, 6) is -0.326. The van der Waals surface area contributed by atoms with Crippen LogP contribution in [-0.4, -0.2) is 39.4 Å². The first-order chi connectivity index (χ1) is 12.6. The first kappa shape index (κ1) is 19.4. The zero-order valence-electron chi connectivity index (χ0n) is 16.2. The molecule has 4 nitrogen and oxygen atoms in total. The monoisotopic (exact) mass is 392 g/mol. The Morgan fingerprint density at radius 1 is 1.37 bits per heavy atom. The predicted octanol–water partition coefficient (Wildman–Crippen LogP) is 3.05. The average molecular weight is 393 g/mol. The molecule has 0 aliphatic heterocycles. The minimum absolute atomic E-state index is 0.000536. The quantitative estimate of drug-likeness (QED) is 0.708. The fraction of sp³-hybridized carbons (Fsp3) is 0.727. The van der Waals surface area contributed by atoms with Crippen LogP contribution in [0.1, 0.15) is 46.5 Å². The highest BCUT2D eigenvalue weighted by Crippen LogP contribution is 2.68. The molecule has 27 heavy (non-hydrogen) atoms. The van der Waals surface area contributed by atoms with E-state index in [1.54, 1.807) is 12.2 Å². The molecular formula is C22H29ClO4. The van der Waals surface area contributed by atoms with Gasteiger partial charge in [-0.1, -0.05) is 32.4 Å². The Labute approximate surface area is 165 Å². The lowest BCUT2D eigenvalue weighted by Crippen LogP contribution is -2.62. The lowest BCUT2D eigenvalue weighted by Gasteiger charge is -2.59. The number of rotatable bonds is 2. The maximum atomic E-state index is 12.7. The molecule has 4 rings (SSSR count). The Hall–Kier alpha value is -0.970. The van der Waals surface area contributed by atoms with E-state index in [4.69, 9.17) is 11.6 Å². The number of carbonyl (C=O) groups excluding carboxylic acids is 2. The number of alkyl halides is 1. The van der Waals surface area contributed by atoms with Crippen LogP contribution in [0.5, 0.6) is 0 Å². The van der Waals surface area contributed by atoms with Gasteiger partial charge in [0.05, 0.1) is 12.0 Å². The Kier molecular flexibility index (Phi) is 4.31. The van der Waals surface area contributed by atoms with Gasteiger partial charge < -0.3 is 10.2 Å². The highest BCUT2D eigenvalue weighted by molar-refractivity contribution is 6.29. The molecule has 5 heteroatoms. The highest BCUT2D eigenvalue weighted by Gasteiger charge is 2.70. The zero-order chi connectivity index (χ0) is 19.8. The van der Waals surface area contributed by atoms with E-state index in [-0.39, 0.29) is 46.5 Å². The van der Waals surface area contributed by atoms with E-state index in [2.05, 4.69) is 6.92 Å². The van der Waals surface area contributed by atoms with E-state index in [0.717, 1.165) is 24.8 Å². The average Bonchev–Trinajstić information content (AvgIpc) is 2.82. The molecule has 0 aromatic heterocycles. The second-order valence-electron chi connectivity index (χ2n) is 9.67. The van der Waals surface area contributed by atoms with E-state index in [1.807, 2.05) is 19.9 Å². The molecule has 2 N–H and O–H groups in total. The number of halogens is 1. The van der Waals surface area contributed by atoms with E-state index in [1.165, 1.54) is 0 Å². The van der Waals surface area contributed by atoms with E-state index in [0.29, 0.717) is 6.42 Å². The number of fused-ring (bicyclic) bond motifs is 5. The Bertz CT molecular complexity index is 757. The van der Waals surface area contributed by atoms with Crippen molar-refractivity contribution in [2.75, 3.05) is 5.88 Å². The van der Waals surface area contributed by atoms with E-state index < -0.39 is 17.1 Å². The third-order valence-corrected chi connectivity index (χ3v) is 8.87. The van der Waals surface area contributed by atoms with Crippen molar-refractivity contribution in [3.8, 4) is 0 Å². The minimum atomic E-state index is -1.49. The molecule has 3 fully saturated rings. The Morgan fingerprint density at radius 3 is 2.74 bits per heavy atom. The summed E-state index contributed by atoms with van der Waals surface area (Å²) >= 11 is 5.86. The van der Waals surface area contributed by atoms with Crippen molar-refractivity contribution in [3.05, 3.63) is 23.8 Å². The third-order valence-electron chi connectivity index (χ3n) is 8.62. The van der Waals surface area contributed by atoms with Gasteiger partial charge in [0.15, 0.2) is 11.6 Å². The topological polar surface area (TPSA) is 74.6 Å². The van der Waals surface area contributed by atoms with Gasteiger partial charge in [-0.2, -0.15) is 0 Å². The van der Waals surface area contributed by atoms with Gasteiger partial charge >= 0.3 is 0 Å². The van der Waals surface area contributed by atoms with Crippen LogP contribution in [-0.2, 0) is 9.59 Å². The molecule has 0 unspecified atom stereocenters. The molecule has 4 aliphatic carbocycles. The van der Waals surface area contributed by atoms with Gasteiger partial charge in [-0.25, -0.2) is 0 Å². The number of aliphatic hydroxyl groups excluding tert-OH is 1. The fourth-order valence-corrected chi connectivity index (χ4v) is 7.56. The van der Waals surface area contributed by atoms with Crippen molar-refractivity contribution < 1.29 is 19.8 Å². The van der Waals surface area contributed by atoms with Crippen LogP contribution in [0, 0.1) is 34.5 Å². The van der Waals surface area contributed by atoms with Crippen LogP contribution in [0.15, 0.2) is 23.8 Å². The van der Waals surface area contributed by atoms with Crippen LogP contribution in [0.2, 0.25) is 0 Å². The van der Waals surface area contributed by atoms with Crippen LogP contribution < -0.4 is 0 Å². The summed E-state index contributed by atoms with van der Waals surface area (Å²) in [6.45, 7) is 6.03. The normalized spacial score (nSPS) is 51.3. The summed E-state index contributed by atoms with van der Waals surface area (Å²) < 4.78 is 0. The van der Waals surface area contributed by atoms with Crippen LogP contribution in [0.4, 0.5) is 0 Å². The van der Waals surface area contributed by atoms with Crippen molar-refractivity contribution in [1.29, 1.82) is 0 Å². The van der Waals surface area contributed by atoms with Gasteiger partial charge in [0, 0.05) is 16.7 Å². The molecule has 3 saturated carbocycles. The second kappa shape index (κ2) is 6.01. The molecule has 0 radical (unpaired) electrons. The molecule has 8 atom stereocenters. The van der Waals surface area contributed by atoms with Crippen LogP contribution in [0.25, 0.3) is 0 Å². The van der Waals surface area contributed by atoms with Gasteiger partial charge in [0.2, 0.25) is 0 Å². The maximum Gasteiger partial charge on any atom is 0.179 e. The lowest BCUT2D eigenvalue weighted by molar-refractivity contribution is -0.179. The van der Waals surface area contributed by atoms with Gasteiger partial charge in [-0.05, 0) is 55.6 Å². The molecule has 0 aromatic rings. The number of carbonyl (C=O) groups is 2. The lowest BCUT2D eigenvalue weighted by atomic mass is 9.46. The number of hydrogen-bond acceptors (Lipinski definition) is 4. The van der Waals surface area contributed by atoms with Gasteiger partial charge in [-0.15, -0.1) is 11.6 Å². The molecule has 148 valence electrons. The summed E-state index contributed by atoms with van der Waals surface area (Å²) in [6, 6.07) is 0. The van der Waals surface area contributed by atoms with Crippen molar-refractivity contribution >= 4 is 23.2 Å². The SMILES string of the molecule is C[C@H]1C[C@H]2[C@@H]3CCC4=CC(=O)C=C[C@]4(C)[C@H]3[C@@H](O)C[C@]2(C)[C@@]1(O)C(=O)CCl. The van der Waals surface area contributed by atoms with Gasteiger partial charge in [0.1, 0.15) is 5.60 Å². The molecule has 0 aromatic carbocycles. The van der Waals surface area contributed by atoms with Crippen LogP contribution >= 0.6 is 11.6 Å². The number of hydrogen-bond donors (Lipinski definition) is 2. The van der Waals surface area contributed by atoms with Crippen molar-refractivity contribution in [1.82, 2.24) is 0 Å². The smallest absolute Gasteiger partial charge is 0.179 e. The van der Waals surface area contributed by atoms with Crippen molar-refractivity contribution in [2.45, 2.75) is 58.2 Å². The first-order valence-corrected chi connectivity index (χ1v) is 10.6. The molecular weight excluding hydrogens is 364 g/mol. The summed E-state index contributed by atoms with van der Waals surface area (Å²) in [5.41, 5.74) is -1.39. The molecule has 0 amide bonds. The Balaban J connectivity index is 1.78. The van der Waals surface area contributed by atoms with E-state index >= 15 is 0 Å². The Morgan fingerprint density at radius 2 is 2.07 bits per heavy atom. The number of Topliss-reactive ketones (excluding diaryl/α,β-unsaturated/α-hetero) is 1. The third kappa shape index (κ3) is 2.30. The number of allylic oxidation sites excluding steroid dienone is 4. The van der Waals surface area contributed by atoms with Gasteiger partial charge in [-0.3, -0.25) is 9.59 Å². The molecule has 0 saturated heterocycles. The zero-order valence-corrected chi connectivity index (χ0v) is 17.0. The summed E-state index contributed by atoms with van der Waals surface area (Å²) in [5, 5.41) is 22.8. The standard InChI is InChI=1S/C22H29ClO4/c1-12-8-16-15-5-4-13-9-14(24)6-7-20(13,2)19(15)17(25)10-21(16,3)22(12,27)18(26)11-23/h6-7,9,12,15-17,19,25,27H,4-5,8,10-11H2,1-3H3/t12-,15-,16-,17-,19+,20-,21-,22-/m0/s1.